The molecule has 3 rings (SSSR count). The molecule has 0 saturated heterocycles. The molecule has 1 atom stereocenters. The number of rotatable bonds is 5. The summed E-state index contributed by atoms with van der Waals surface area (Å²) in [6.07, 6.45) is 6.17. The minimum Gasteiger partial charge on any atom is -0.349 e. The predicted octanol–water partition coefficient (Wildman–Crippen LogP) is 3.54. The van der Waals surface area contributed by atoms with Gasteiger partial charge in [-0.15, -0.1) is 10.2 Å². The van der Waals surface area contributed by atoms with Gasteiger partial charge in [-0.1, -0.05) is 42.4 Å². The zero-order valence-electron chi connectivity index (χ0n) is 14.2. The van der Waals surface area contributed by atoms with Crippen molar-refractivity contribution in [1.82, 2.24) is 20.1 Å². The maximum atomic E-state index is 12.4. The van der Waals surface area contributed by atoms with E-state index in [0.717, 1.165) is 24.4 Å². The second-order valence-corrected chi connectivity index (χ2v) is 7.41. The van der Waals surface area contributed by atoms with Crippen molar-refractivity contribution in [3.05, 3.63) is 41.7 Å². The zero-order chi connectivity index (χ0) is 16.9. The highest BCUT2D eigenvalue weighted by Crippen LogP contribution is 2.28. The van der Waals surface area contributed by atoms with E-state index in [2.05, 4.69) is 53.6 Å². The van der Waals surface area contributed by atoms with E-state index < -0.39 is 0 Å². The molecule has 6 heteroatoms. The molecule has 1 N–H and O–H groups in total. The summed E-state index contributed by atoms with van der Waals surface area (Å²) in [7, 11) is 0. The van der Waals surface area contributed by atoms with Crippen molar-refractivity contribution in [2.45, 2.75) is 56.8 Å². The van der Waals surface area contributed by atoms with E-state index in [1.165, 1.54) is 29.3 Å². The van der Waals surface area contributed by atoms with Gasteiger partial charge in [-0.25, -0.2) is 0 Å². The number of benzene rings is 1. The summed E-state index contributed by atoms with van der Waals surface area (Å²) in [5.74, 6) is 0.421. The van der Waals surface area contributed by atoms with Gasteiger partial charge in [-0.05, 0) is 44.2 Å². The number of fused-ring (bicyclic) bond motifs is 1. The highest BCUT2D eigenvalue weighted by molar-refractivity contribution is 7.99. The van der Waals surface area contributed by atoms with Crippen LogP contribution in [-0.2, 0) is 11.2 Å². The van der Waals surface area contributed by atoms with Crippen molar-refractivity contribution in [3.63, 3.8) is 0 Å². The molecule has 1 aliphatic carbocycles. The Morgan fingerprint density at radius 1 is 1.38 bits per heavy atom. The molecular formula is C18H24N4OS. The van der Waals surface area contributed by atoms with Crippen LogP contribution in [0.4, 0.5) is 0 Å². The first kappa shape index (κ1) is 17.0. The maximum Gasteiger partial charge on any atom is 0.230 e. The number of nitrogens with zero attached hydrogens (tertiary/aromatic N) is 3. The fourth-order valence-corrected chi connectivity index (χ4v) is 3.98. The third-order valence-corrected chi connectivity index (χ3v) is 5.34. The summed E-state index contributed by atoms with van der Waals surface area (Å²) in [5, 5.41) is 12.0. The number of thioether (sulfide) groups is 1. The van der Waals surface area contributed by atoms with Crippen molar-refractivity contribution < 1.29 is 4.79 Å². The Labute approximate surface area is 147 Å². The minimum absolute atomic E-state index is 0.0556. The van der Waals surface area contributed by atoms with Gasteiger partial charge in [0.25, 0.3) is 0 Å². The van der Waals surface area contributed by atoms with Crippen LogP contribution in [0.2, 0.25) is 0 Å². The second kappa shape index (κ2) is 7.83. The van der Waals surface area contributed by atoms with Gasteiger partial charge in [-0.2, -0.15) is 0 Å². The van der Waals surface area contributed by atoms with Crippen molar-refractivity contribution >= 4 is 17.7 Å². The van der Waals surface area contributed by atoms with Crippen LogP contribution >= 0.6 is 11.8 Å². The quantitative estimate of drug-likeness (QED) is 0.666. The van der Waals surface area contributed by atoms with Gasteiger partial charge >= 0.3 is 0 Å². The van der Waals surface area contributed by atoms with E-state index in [1.807, 2.05) is 4.57 Å². The number of aryl methyl sites for hydroxylation is 1. The lowest BCUT2D eigenvalue weighted by Gasteiger charge is -2.19. The number of amides is 1. The van der Waals surface area contributed by atoms with Crippen molar-refractivity contribution in [3.8, 4) is 0 Å². The summed E-state index contributed by atoms with van der Waals surface area (Å²) in [4.78, 5) is 12.4. The monoisotopic (exact) mass is 344 g/mol. The number of nitrogens with one attached hydrogen (secondary N) is 1. The normalized spacial score (nSPS) is 17.4. The van der Waals surface area contributed by atoms with Gasteiger partial charge in [0.1, 0.15) is 6.33 Å². The van der Waals surface area contributed by atoms with Gasteiger partial charge < -0.3 is 9.88 Å². The van der Waals surface area contributed by atoms with E-state index in [4.69, 9.17) is 0 Å². The van der Waals surface area contributed by atoms with Gasteiger partial charge in [0.15, 0.2) is 5.16 Å². The molecule has 0 bridgehead atoms. The number of carbonyl (C=O) groups excluding carboxylic acids is 1. The van der Waals surface area contributed by atoms with E-state index in [-0.39, 0.29) is 11.9 Å². The first-order chi connectivity index (χ1) is 11.6. The first-order valence-corrected chi connectivity index (χ1v) is 9.53. The average molecular weight is 344 g/mol. The molecule has 128 valence electrons. The van der Waals surface area contributed by atoms with Gasteiger partial charge in [0, 0.05) is 6.04 Å². The fourth-order valence-electron chi connectivity index (χ4n) is 3.13. The molecule has 24 heavy (non-hydrogen) atoms. The van der Waals surface area contributed by atoms with Gasteiger partial charge in [0.2, 0.25) is 5.91 Å². The molecule has 0 spiro atoms. The standard InChI is InChI=1S/C18H24N4OS/c1-13(2)22-12-19-21-18(22)24-11-17(23)20-16-10-6-4-8-14-7-3-5-9-15(14)16/h3,5,7,9,12-13,16H,4,6,8,10-11H2,1-2H3,(H,20,23). The van der Waals surface area contributed by atoms with Crippen LogP contribution in [-0.4, -0.2) is 26.4 Å². The number of carbonyl (C=O) groups is 1. The average Bonchev–Trinajstić information content (AvgIpc) is 2.96. The summed E-state index contributed by atoms with van der Waals surface area (Å²) in [6, 6.07) is 8.88. The third kappa shape index (κ3) is 3.98. The Morgan fingerprint density at radius 3 is 3.04 bits per heavy atom. The summed E-state index contributed by atoms with van der Waals surface area (Å²) in [6.45, 7) is 4.16. The smallest absolute Gasteiger partial charge is 0.230 e. The molecule has 0 fully saturated rings. The lowest BCUT2D eigenvalue weighted by atomic mass is 9.99. The molecule has 2 aromatic rings. The Morgan fingerprint density at radius 2 is 2.21 bits per heavy atom. The highest BCUT2D eigenvalue weighted by Gasteiger charge is 2.20. The van der Waals surface area contributed by atoms with E-state index in [9.17, 15) is 4.79 Å². The Kier molecular flexibility index (Phi) is 5.56. The van der Waals surface area contributed by atoms with E-state index in [1.54, 1.807) is 6.33 Å². The first-order valence-electron chi connectivity index (χ1n) is 8.54. The largest absolute Gasteiger partial charge is 0.349 e. The molecule has 1 heterocycles. The lowest BCUT2D eigenvalue weighted by molar-refractivity contribution is -0.119. The number of aromatic nitrogens is 3. The van der Waals surface area contributed by atoms with Crippen LogP contribution in [0.25, 0.3) is 0 Å². The fraction of sp³-hybridized carbons (Fsp3) is 0.500. The second-order valence-electron chi connectivity index (χ2n) is 6.47. The van der Waals surface area contributed by atoms with E-state index >= 15 is 0 Å². The zero-order valence-corrected chi connectivity index (χ0v) is 15.1. The van der Waals surface area contributed by atoms with Crippen LogP contribution in [0.15, 0.2) is 35.7 Å². The summed E-state index contributed by atoms with van der Waals surface area (Å²) < 4.78 is 1.99. The lowest BCUT2D eigenvalue weighted by Crippen LogP contribution is -2.30. The van der Waals surface area contributed by atoms with Crippen LogP contribution in [0.1, 0.15) is 56.3 Å². The number of hydrogen-bond acceptors (Lipinski definition) is 4. The summed E-state index contributed by atoms with van der Waals surface area (Å²) >= 11 is 1.44. The maximum absolute atomic E-state index is 12.4. The molecular weight excluding hydrogens is 320 g/mol. The van der Waals surface area contributed by atoms with Gasteiger partial charge in [0.05, 0.1) is 11.8 Å². The molecule has 0 saturated carbocycles. The van der Waals surface area contributed by atoms with E-state index in [0.29, 0.717) is 11.8 Å². The molecule has 1 aliphatic rings. The van der Waals surface area contributed by atoms with Crippen LogP contribution in [0.5, 0.6) is 0 Å². The van der Waals surface area contributed by atoms with Crippen LogP contribution < -0.4 is 5.32 Å². The van der Waals surface area contributed by atoms with Crippen molar-refractivity contribution in [2.24, 2.45) is 0 Å². The molecule has 0 radical (unpaired) electrons. The Balaban J connectivity index is 1.62. The molecule has 0 aliphatic heterocycles. The van der Waals surface area contributed by atoms with Crippen molar-refractivity contribution in [2.75, 3.05) is 5.75 Å². The predicted molar refractivity (Wildman–Crippen MR) is 96.0 cm³/mol. The number of hydrogen-bond donors (Lipinski definition) is 1. The van der Waals surface area contributed by atoms with Crippen LogP contribution in [0, 0.1) is 0 Å². The van der Waals surface area contributed by atoms with Crippen molar-refractivity contribution in [1.29, 1.82) is 0 Å². The Hall–Kier alpha value is -1.82. The van der Waals surface area contributed by atoms with Gasteiger partial charge in [-0.3, -0.25) is 4.79 Å². The molecule has 1 aromatic carbocycles. The molecule has 1 aromatic heterocycles. The minimum atomic E-state index is 0.0556. The molecule has 1 unspecified atom stereocenters. The molecule has 1 amide bonds. The third-order valence-electron chi connectivity index (χ3n) is 4.38. The topological polar surface area (TPSA) is 59.8 Å². The highest BCUT2D eigenvalue weighted by atomic mass is 32.2. The van der Waals surface area contributed by atoms with Crippen LogP contribution in [0.3, 0.4) is 0 Å². The summed E-state index contributed by atoms with van der Waals surface area (Å²) in [5.41, 5.74) is 2.64. The Bertz CT molecular complexity index is 698. The SMILES string of the molecule is CC(C)n1cnnc1SCC(=O)NC1CCCCc2ccccc21. The molecule has 5 nitrogen and oxygen atoms in total.